The molecule has 0 bridgehead atoms. The van der Waals surface area contributed by atoms with Crippen LogP contribution in [0.5, 0.6) is 0 Å². The van der Waals surface area contributed by atoms with E-state index in [2.05, 4.69) is 43.0 Å². The Morgan fingerprint density at radius 2 is 2.17 bits per heavy atom. The monoisotopic (exact) mass is 249 g/mol. The highest BCUT2D eigenvalue weighted by molar-refractivity contribution is 5.02. The molecule has 18 heavy (non-hydrogen) atoms. The highest BCUT2D eigenvalue weighted by atomic mass is 15.3. The zero-order valence-electron chi connectivity index (χ0n) is 12.0. The molecular formula is C15H27N3. The minimum absolute atomic E-state index is 0.572. The highest BCUT2D eigenvalue weighted by Crippen LogP contribution is 2.20. The van der Waals surface area contributed by atoms with Crippen LogP contribution in [0.25, 0.3) is 0 Å². The van der Waals surface area contributed by atoms with Crippen LogP contribution in [-0.2, 0) is 6.42 Å². The predicted octanol–water partition coefficient (Wildman–Crippen LogP) is 3.17. The topological polar surface area (TPSA) is 29.9 Å². The first-order valence-corrected chi connectivity index (χ1v) is 7.50. The van der Waals surface area contributed by atoms with Gasteiger partial charge in [-0.1, -0.05) is 13.8 Å². The first-order chi connectivity index (χ1) is 8.72. The summed E-state index contributed by atoms with van der Waals surface area (Å²) in [6, 6.07) is 3.47. The van der Waals surface area contributed by atoms with Crippen LogP contribution in [0.3, 0.4) is 0 Å². The molecule has 0 aliphatic carbocycles. The average molecular weight is 249 g/mol. The van der Waals surface area contributed by atoms with Crippen LogP contribution in [0, 0.1) is 5.92 Å². The summed E-state index contributed by atoms with van der Waals surface area (Å²) in [6.45, 7) is 7.90. The maximum atomic E-state index is 4.75. The van der Waals surface area contributed by atoms with Gasteiger partial charge in [0.2, 0.25) is 0 Å². The molecule has 1 aromatic rings. The van der Waals surface area contributed by atoms with Gasteiger partial charge in [0.05, 0.1) is 11.7 Å². The highest BCUT2D eigenvalue weighted by Gasteiger charge is 2.19. The largest absolute Gasteiger partial charge is 0.314 e. The number of rotatable bonds is 5. The maximum absolute atomic E-state index is 4.75. The summed E-state index contributed by atoms with van der Waals surface area (Å²) in [6.07, 6.45) is 8.27. The molecule has 1 aromatic heterocycles. The lowest BCUT2D eigenvalue weighted by molar-refractivity contribution is 0.318. The second-order valence-corrected chi connectivity index (χ2v) is 5.71. The standard InChI is InChI=1S/C15H27N3/c1-4-15(5-2)18-9-8-14(17-18)10-13-7-6-12(3)16-11-13/h8-9,12-13,15-16H,4-7,10-11H2,1-3H3. The summed E-state index contributed by atoms with van der Waals surface area (Å²) in [4.78, 5) is 0. The minimum Gasteiger partial charge on any atom is -0.314 e. The molecule has 1 saturated heterocycles. The van der Waals surface area contributed by atoms with E-state index in [0.717, 1.165) is 18.9 Å². The predicted molar refractivity (Wildman–Crippen MR) is 75.7 cm³/mol. The van der Waals surface area contributed by atoms with Crippen molar-refractivity contribution in [1.29, 1.82) is 0 Å². The van der Waals surface area contributed by atoms with Gasteiger partial charge in [0.25, 0.3) is 0 Å². The van der Waals surface area contributed by atoms with Gasteiger partial charge >= 0.3 is 0 Å². The van der Waals surface area contributed by atoms with Gasteiger partial charge in [0.15, 0.2) is 0 Å². The van der Waals surface area contributed by atoms with Crippen molar-refractivity contribution in [3.05, 3.63) is 18.0 Å². The molecule has 2 heterocycles. The molecule has 1 N–H and O–H groups in total. The second kappa shape index (κ2) is 6.37. The van der Waals surface area contributed by atoms with Gasteiger partial charge in [-0.15, -0.1) is 0 Å². The van der Waals surface area contributed by atoms with Gasteiger partial charge in [-0.2, -0.15) is 5.10 Å². The molecule has 3 heteroatoms. The van der Waals surface area contributed by atoms with Crippen LogP contribution < -0.4 is 5.32 Å². The molecule has 102 valence electrons. The molecule has 2 unspecified atom stereocenters. The van der Waals surface area contributed by atoms with Gasteiger partial charge in [0, 0.05) is 12.2 Å². The minimum atomic E-state index is 0.572. The van der Waals surface area contributed by atoms with Crippen LogP contribution in [0.4, 0.5) is 0 Å². The molecule has 1 aliphatic heterocycles. The lowest BCUT2D eigenvalue weighted by atomic mass is 9.92. The normalized spacial score (nSPS) is 24.7. The lowest BCUT2D eigenvalue weighted by Crippen LogP contribution is -2.37. The zero-order valence-corrected chi connectivity index (χ0v) is 12.0. The van der Waals surface area contributed by atoms with E-state index in [1.807, 2.05) is 0 Å². The molecule has 1 aliphatic rings. The van der Waals surface area contributed by atoms with Gasteiger partial charge in [-0.3, -0.25) is 4.68 Å². The van der Waals surface area contributed by atoms with Crippen LogP contribution in [0.15, 0.2) is 12.3 Å². The van der Waals surface area contributed by atoms with Crippen molar-refractivity contribution in [3.63, 3.8) is 0 Å². The molecule has 1 fully saturated rings. The van der Waals surface area contributed by atoms with Gasteiger partial charge < -0.3 is 5.32 Å². The molecule has 0 aromatic carbocycles. The molecule has 2 rings (SSSR count). The summed E-state index contributed by atoms with van der Waals surface area (Å²) in [7, 11) is 0. The second-order valence-electron chi connectivity index (χ2n) is 5.71. The summed E-state index contributed by atoms with van der Waals surface area (Å²) >= 11 is 0. The van der Waals surface area contributed by atoms with Gasteiger partial charge in [-0.25, -0.2) is 0 Å². The maximum Gasteiger partial charge on any atom is 0.0627 e. The Morgan fingerprint density at radius 1 is 1.39 bits per heavy atom. The number of hydrogen-bond donors (Lipinski definition) is 1. The quantitative estimate of drug-likeness (QED) is 0.868. The number of nitrogens with one attached hydrogen (secondary N) is 1. The van der Waals surface area contributed by atoms with Gasteiger partial charge in [-0.05, 0) is 57.6 Å². The third-order valence-electron chi connectivity index (χ3n) is 4.24. The lowest BCUT2D eigenvalue weighted by Gasteiger charge is -2.27. The van der Waals surface area contributed by atoms with Crippen LogP contribution in [-0.4, -0.2) is 22.4 Å². The van der Waals surface area contributed by atoms with E-state index in [1.165, 1.54) is 31.4 Å². The van der Waals surface area contributed by atoms with Crippen molar-refractivity contribution in [1.82, 2.24) is 15.1 Å². The van der Waals surface area contributed by atoms with E-state index in [4.69, 9.17) is 5.10 Å². The van der Waals surface area contributed by atoms with Crippen molar-refractivity contribution in [2.45, 2.75) is 65.0 Å². The van der Waals surface area contributed by atoms with Gasteiger partial charge in [0.1, 0.15) is 0 Å². The van der Waals surface area contributed by atoms with Crippen molar-refractivity contribution in [2.24, 2.45) is 5.92 Å². The fourth-order valence-electron chi connectivity index (χ4n) is 2.88. The van der Waals surface area contributed by atoms with E-state index in [0.29, 0.717) is 12.1 Å². The summed E-state index contributed by atoms with van der Waals surface area (Å²) in [5.74, 6) is 0.770. The Hall–Kier alpha value is -0.830. The molecule has 0 amide bonds. The smallest absolute Gasteiger partial charge is 0.0627 e. The number of nitrogens with zero attached hydrogens (tertiary/aromatic N) is 2. The third-order valence-corrected chi connectivity index (χ3v) is 4.24. The zero-order chi connectivity index (χ0) is 13.0. The fourth-order valence-corrected chi connectivity index (χ4v) is 2.88. The van der Waals surface area contributed by atoms with Crippen LogP contribution >= 0.6 is 0 Å². The first-order valence-electron chi connectivity index (χ1n) is 7.50. The van der Waals surface area contributed by atoms with E-state index in [9.17, 15) is 0 Å². The van der Waals surface area contributed by atoms with E-state index in [1.54, 1.807) is 0 Å². The Balaban J connectivity index is 1.90. The fraction of sp³-hybridized carbons (Fsp3) is 0.800. The molecule has 3 nitrogen and oxygen atoms in total. The molecule has 2 atom stereocenters. The Morgan fingerprint density at radius 3 is 2.78 bits per heavy atom. The molecular weight excluding hydrogens is 222 g/mol. The summed E-state index contributed by atoms with van der Waals surface area (Å²) in [5.41, 5.74) is 1.27. The summed E-state index contributed by atoms with van der Waals surface area (Å²) in [5, 5.41) is 8.32. The third kappa shape index (κ3) is 3.35. The number of aromatic nitrogens is 2. The van der Waals surface area contributed by atoms with E-state index < -0.39 is 0 Å². The average Bonchev–Trinajstić information content (AvgIpc) is 2.82. The number of piperidine rings is 1. The van der Waals surface area contributed by atoms with Crippen LogP contribution in [0.1, 0.15) is 58.2 Å². The van der Waals surface area contributed by atoms with Crippen molar-refractivity contribution >= 4 is 0 Å². The number of hydrogen-bond acceptors (Lipinski definition) is 2. The molecule has 0 radical (unpaired) electrons. The van der Waals surface area contributed by atoms with E-state index in [-0.39, 0.29) is 0 Å². The van der Waals surface area contributed by atoms with E-state index >= 15 is 0 Å². The van der Waals surface area contributed by atoms with Crippen molar-refractivity contribution in [2.75, 3.05) is 6.54 Å². The Kier molecular flexibility index (Phi) is 4.81. The van der Waals surface area contributed by atoms with Crippen molar-refractivity contribution in [3.8, 4) is 0 Å². The molecule has 0 spiro atoms. The Bertz CT molecular complexity index is 346. The Labute approximate surface area is 111 Å². The SMILES string of the molecule is CCC(CC)n1ccc(CC2CCC(C)NC2)n1. The first kappa shape index (κ1) is 13.6. The summed E-state index contributed by atoms with van der Waals surface area (Å²) < 4.78 is 2.16. The van der Waals surface area contributed by atoms with Crippen LogP contribution in [0.2, 0.25) is 0 Å². The van der Waals surface area contributed by atoms with Crippen molar-refractivity contribution < 1.29 is 0 Å². The molecule has 0 saturated carbocycles.